The van der Waals surface area contributed by atoms with Gasteiger partial charge in [0, 0.05) is 6.54 Å². The fourth-order valence-corrected chi connectivity index (χ4v) is 4.24. The molecule has 0 radical (unpaired) electrons. The highest BCUT2D eigenvalue weighted by molar-refractivity contribution is 7.89. The lowest BCUT2D eigenvalue weighted by molar-refractivity contribution is 0.355. The summed E-state index contributed by atoms with van der Waals surface area (Å²) in [6.45, 7) is 8.84. The van der Waals surface area contributed by atoms with Crippen LogP contribution in [0, 0.1) is 30.6 Å². The van der Waals surface area contributed by atoms with Gasteiger partial charge in [-0.05, 0) is 50.7 Å². The third-order valence-electron chi connectivity index (χ3n) is 4.80. The molecule has 1 aromatic carbocycles. The summed E-state index contributed by atoms with van der Waals surface area (Å²) in [5.41, 5.74) is 2.25. The lowest BCUT2D eigenvalue weighted by Gasteiger charge is -2.28. The molecule has 1 aromatic rings. The Morgan fingerprint density at radius 1 is 1.17 bits per heavy atom. The minimum absolute atomic E-state index is 0.230. The summed E-state index contributed by atoms with van der Waals surface area (Å²) in [7, 11) is -3.53. The molecule has 0 heterocycles. The van der Waals surface area contributed by atoms with E-state index < -0.39 is 10.0 Å². The molecule has 1 aliphatic carbocycles. The van der Waals surface area contributed by atoms with Gasteiger partial charge in [0.15, 0.2) is 0 Å². The highest BCUT2D eigenvalue weighted by atomic mass is 32.2. The summed E-state index contributed by atoms with van der Waals surface area (Å²) in [5, 5.41) is 0. The Morgan fingerprint density at radius 2 is 1.83 bits per heavy atom. The molecule has 2 atom stereocenters. The molecule has 0 saturated carbocycles. The van der Waals surface area contributed by atoms with E-state index in [4.69, 9.17) is 0 Å². The average molecular weight is 346 g/mol. The van der Waals surface area contributed by atoms with Crippen molar-refractivity contribution in [3.8, 4) is 11.8 Å². The number of allylic oxidation sites excluding steroid dienone is 1. The van der Waals surface area contributed by atoms with Gasteiger partial charge >= 0.3 is 0 Å². The molecule has 0 aliphatic heterocycles. The van der Waals surface area contributed by atoms with E-state index in [1.807, 2.05) is 19.1 Å². The minimum Gasteiger partial charge on any atom is -0.207 e. The third kappa shape index (κ3) is 4.49. The summed E-state index contributed by atoms with van der Waals surface area (Å²) in [4.78, 5) is 0.337. The van der Waals surface area contributed by atoms with Gasteiger partial charge < -0.3 is 0 Å². The number of hydrogen-bond acceptors (Lipinski definition) is 2. The summed E-state index contributed by atoms with van der Waals surface area (Å²) < 4.78 is 27.5. The van der Waals surface area contributed by atoms with Crippen LogP contribution < -0.4 is 0 Å². The molecule has 2 rings (SSSR count). The van der Waals surface area contributed by atoms with Crippen LogP contribution in [-0.2, 0) is 10.0 Å². The van der Waals surface area contributed by atoms with Crippen molar-refractivity contribution >= 4 is 10.0 Å². The van der Waals surface area contributed by atoms with Gasteiger partial charge in [0.1, 0.15) is 0 Å². The molecular weight excluding hydrogens is 318 g/mol. The molecule has 0 aromatic heterocycles. The molecule has 0 N–H and O–H groups in total. The van der Waals surface area contributed by atoms with Crippen LogP contribution in [0.3, 0.4) is 0 Å². The highest BCUT2D eigenvalue weighted by Crippen LogP contribution is 2.30. The average Bonchev–Trinajstić information content (AvgIpc) is 2.55. The van der Waals surface area contributed by atoms with Crippen molar-refractivity contribution in [2.24, 2.45) is 11.8 Å². The van der Waals surface area contributed by atoms with Gasteiger partial charge in [-0.3, -0.25) is 0 Å². The Kier molecular flexibility index (Phi) is 6.26. The largest absolute Gasteiger partial charge is 0.244 e. The quantitative estimate of drug-likeness (QED) is 0.597. The highest BCUT2D eigenvalue weighted by Gasteiger charge is 2.27. The number of aryl methyl sites for hydroxylation is 1. The molecule has 130 valence electrons. The van der Waals surface area contributed by atoms with Gasteiger partial charge in [-0.1, -0.05) is 49.1 Å². The standard InChI is InChI=1S/C20H27NO2S/c1-5-6-13-21(15-19-10-9-17(3)18(4)14-19)24(22,23)20-11-7-16(2)8-12-20/h7-8,10-12,17-18H,9,13-15H2,1-4H3. The Bertz CT molecular complexity index is 751. The molecule has 1 aliphatic rings. The molecule has 0 saturated heterocycles. The Balaban J connectivity index is 2.27. The molecule has 0 amide bonds. The predicted molar refractivity (Wildman–Crippen MR) is 99.0 cm³/mol. The maximum Gasteiger partial charge on any atom is 0.244 e. The van der Waals surface area contributed by atoms with Crippen molar-refractivity contribution < 1.29 is 8.42 Å². The third-order valence-corrected chi connectivity index (χ3v) is 6.61. The van der Waals surface area contributed by atoms with Gasteiger partial charge in [-0.15, -0.1) is 5.92 Å². The van der Waals surface area contributed by atoms with Crippen LogP contribution in [0.25, 0.3) is 0 Å². The zero-order chi connectivity index (χ0) is 17.7. The molecular formula is C20H27NO2S. The van der Waals surface area contributed by atoms with Crippen molar-refractivity contribution in [3.05, 3.63) is 41.5 Å². The fraction of sp³-hybridized carbons (Fsp3) is 0.500. The van der Waals surface area contributed by atoms with E-state index >= 15 is 0 Å². The summed E-state index contributed by atoms with van der Waals surface area (Å²) in [5.74, 6) is 6.97. The van der Waals surface area contributed by atoms with Gasteiger partial charge in [-0.25, -0.2) is 8.42 Å². The normalized spacial score (nSPS) is 21.1. The van der Waals surface area contributed by atoms with Crippen LogP contribution in [0.2, 0.25) is 0 Å². The van der Waals surface area contributed by atoms with Crippen molar-refractivity contribution in [1.29, 1.82) is 0 Å². The van der Waals surface area contributed by atoms with Crippen molar-refractivity contribution in [2.75, 3.05) is 13.1 Å². The van der Waals surface area contributed by atoms with Crippen LogP contribution in [0.15, 0.2) is 40.8 Å². The Labute approximate surface area is 146 Å². The minimum atomic E-state index is -3.53. The lowest BCUT2D eigenvalue weighted by Crippen LogP contribution is -2.34. The van der Waals surface area contributed by atoms with Gasteiger partial charge in [0.2, 0.25) is 10.0 Å². The topological polar surface area (TPSA) is 37.4 Å². The van der Waals surface area contributed by atoms with Crippen LogP contribution in [-0.4, -0.2) is 25.8 Å². The molecule has 2 unspecified atom stereocenters. The maximum atomic E-state index is 13.0. The number of sulfonamides is 1. The van der Waals surface area contributed by atoms with Crippen molar-refractivity contribution in [1.82, 2.24) is 4.31 Å². The smallest absolute Gasteiger partial charge is 0.207 e. The zero-order valence-electron chi connectivity index (χ0n) is 15.0. The Morgan fingerprint density at radius 3 is 2.42 bits per heavy atom. The molecule has 4 heteroatoms. The van der Waals surface area contributed by atoms with Gasteiger partial charge in [-0.2, -0.15) is 4.31 Å². The maximum absolute atomic E-state index is 13.0. The first-order valence-electron chi connectivity index (χ1n) is 8.49. The van der Waals surface area contributed by atoms with Crippen LogP contribution in [0.5, 0.6) is 0 Å². The van der Waals surface area contributed by atoms with E-state index in [9.17, 15) is 8.42 Å². The van der Waals surface area contributed by atoms with E-state index in [1.165, 1.54) is 9.88 Å². The predicted octanol–water partition coefficient (Wildman–Crippen LogP) is 4.00. The van der Waals surface area contributed by atoms with Gasteiger partial charge in [0.05, 0.1) is 11.4 Å². The van der Waals surface area contributed by atoms with E-state index in [0.717, 1.165) is 18.4 Å². The summed E-state index contributed by atoms with van der Waals surface area (Å²) >= 11 is 0. The molecule has 24 heavy (non-hydrogen) atoms. The van der Waals surface area contributed by atoms with E-state index in [0.29, 0.717) is 23.3 Å². The number of nitrogens with zero attached hydrogens (tertiary/aromatic N) is 1. The zero-order valence-corrected chi connectivity index (χ0v) is 15.9. The first-order chi connectivity index (χ1) is 11.3. The lowest BCUT2D eigenvalue weighted by atomic mass is 9.82. The second-order valence-electron chi connectivity index (χ2n) is 6.77. The van der Waals surface area contributed by atoms with Crippen molar-refractivity contribution in [3.63, 3.8) is 0 Å². The first kappa shape index (κ1) is 18.8. The van der Waals surface area contributed by atoms with E-state index in [1.54, 1.807) is 19.1 Å². The fourth-order valence-electron chi connectivity index (χ4n) is 2.89. The SMILES string of the molecule is CC#CCN(CC1=CCC(C)C(C)C1)S(=O)(=O)c1ccc(C)cc1. The first-order valence-corrected chi connectivity index (χ1v) is 9.93. The van der Waals surface area contributed by atoms with Crippen LogP contribution in [0.4, 0.5) is 0 Å². The molecule has 0 bridgehead atoms. The van der Waals surface area contributed by atoms with E-state index in [2.05, 4.69) is 31.8 Å². The number of hydrogen-bond donors (Lipinski definition) is 0. The number of benzene rings is 1. The molecule has 0 spiro atoms. The Hall–Kier alpha value is -1.57. The van der Waals surface area contributed by atoms with E-state index in [-0.39, 0.29) is 6.54 Å². The second-order valence-corrected chi connectivity index (χ2v) is 8.71. The summed E-state index contributed by atoms with van der Waals surface area (Å²) in [6.07, 6.45) is 4.19. The molecule has 0 fully saturated rings. The monoisotopic (exact) mass is 345 g/mol. The van der Waals surface area contributed by atoms with Gasteiger partial charge in [0.25, 0.3) is 0 Å². The van der Waals surface area contributed by atoms with Crippen LogP contribution >= 0.6 is 0 Å². The molecule has 3 nitrogen and oxygen atoms in total. The summed E-state index contributed by atoms with van der Waals surface area (Å²) in [6, 6.07) is 7.02. The second kappa shape index (κ2) is 8.00. The van der Waals surface area contributed by atoms with Crippen LogP contribution in [0.1, 0.15) is 39.2 Å². The number of rotatable bonds is 5. The van der Waals surface area contributed by atoms with Crippen molar-refractivity contribution in [2.45, 2.75) is 45.4 Å².